The minimum atomic E-state index is 0.352. The fourth-order valence-electron chi connectivity index (χ4n) is 1.78. The Balaban J connectivity index is 2.94. The van der Waals surface area contributed by atoms with E-state index < -0.39 is 0 Å². The quantitative estimate of drug-likeness (QED) is 0.737. The molecule has 2 rings (SSSR count). The van der Waals surface area contributed by atoms with Crippen LogP contribution in [0.4, 0.5) is 0 Å². The number of hydrogen-bond donors (Lipinski definition) is 0. The summed E-state index contributed by atoms with van der Waals surface area (Å²) in [6.07, 6.45) is 1.37. The lowest BCUT2D eigenvalue weighted by Crippen LogP contribution is -1.95. The lowest BCUT2D eigenvalue weighted by atomic mass is 9.99. The largest absolute Gasteiger partial charge is 0.496 e. The average molecular weight is 214 g/mol. The van der Waals surface area contributed by atoms with E-state index in [2.05, 4.69) is 0 Å². The molecule has 0 saturated heterocycles. The van der Waals surface area contributed by atoms with Crippen LogP contribution in [-0.4, -0.2) is 19.7 Å². The predicted octanol–water partition coefficient (Wildman–Crippen LogP) is 2.47. The first-order valence-corrected chi connectivity index (χ1v) is 4.82. The highest BCUT2D eigenvalue weighted by atomic mass is 16.5. The smallest absolute Gasteiger partial charge is 0.151 e. The molecule has 0 amide bonds. The van der Waals surface area contributed by atoms with Gasteiger partial charge < -0.3 is 4.74 Å². The second kappa shape index (κ2) is 4.14. The van der Waals surface area contributed by atoms with Crippen molar-refractivity contribution in [2.24, 2.45) is 0 Å². The van der Waals surface area contributed by atoms with Crippen LogP contribution in [0.2, 0.25) is 0 Å². The molecule has 80 valence electrons. The van der Waals surface area contributed by atoms with E-state index in [1.165, 1.54) is 7.11 Å². The maximum atomic E-state index is 11.0. The number of rotatable bonds is 3. The monoisotopic (exact) mass is 214 g/mol. The van der Waals surface area contributed by atoms with Gasteiger partial charge in [-0.15, -0.1) is 0 Å². The molecule has 0 spiro atoms. The third-order valence-corrected chi connectivity index (χ3v) is 2.55. The van der Waals surface area contributed by atoms with E-state index in [1.807, 2.05) is 18.2 Å². The second-order valence-electron chi connectivity index (χ2n) is 3.36. The molecule has 0 aliphatic carbocycles. The minimum Gasteiger partial charge on any atom is -0.496 e. The zero-order valence-corrected chi connectivity index (χ0v) is 8.77. The number of hydrogen-bond acceptors (Lipinski definition) is 3. The normalized spacial score (nSPS) is 10.1. The Morgan fingerprint density at radius 3 is 2.31 bits per heavy atom. The summed E-state index contributed by atoms with van der Waals surface area (Å²) in [6, 6.07) is 8.92. The first-order chi connectivity index (χ1) is 7.81. The highest BCUT2D eigenvalue weighted by Crippen LogP contribution is 2.29. The summed E-state index contributed by atoms with van der Waals surface area (Å²) >= 11 is 0. The van der Waals surface area contributed by atoms with E-state index in [-0.39, 0.29) is 0 Å². The van der Waals surface area contributed by atoms with E-state index in [0.29, 0.717) is 29.4 Å². The summed E-state index contributed by atoms with van der Waals surface area (Å²) < 4.78 is 5.19. The minimum absolute atomic E-state index is 0.352. The maximum absolute atomic E-state index is 11.0. The zero-order chi connectivity index (χ0) is 11.5. The van der Waals surface area contributed by atoms with Crippen molar-refractivity contribution in [1.29, 1.82) is 0 Å². The number of methoxy groups -OCH3 is 1. The molecule has 0 aliphatic rings. The van der Waals surface area contributed by atoms with Crippen LogP contribution in [0, 0.1) is 0 Å². The van der Waals surface area contributed by atoms with E-state index in [1.54, 1.807) is 12.1 Å². The Morgan fingerprint density at radius 1 is 1.06 bits per heavy atom. The summed E-state index contributed by atoms with van der Waals surface area (Å²) in [4.78, 5) is 21.9. The zero-order valence-electron chi connectivity index (χ0n) is 8.77. The van der Waals surface area contributed by atoms with Crippen LogP contribution in [0.25, 0.3) is 10.8 Å². The third-order valence-electron chi connectivity index (χ3n) is 2.55. The number of benzene rings is 2. The van der Waals surface area contributed by atoms with Crippen molar-refractivity contribution < 1.29 is 14.3 Å². The van der Waals surface area contributed by atoms with Crippen molar-refractivity contribution in [3.63, 3.8) is 0 Å². The first kappa shape index (κ1) is 10.4. The Labute approximate surface area is 92.6 Å². The van der Waals surface area contributed by atoms with Gasteiger partial charge in [0.1, 0.15) is 5.75 Å². The van der Waals surface area contributed by atoms with Crippen molar-refractivity contribution in [3.8, 4) is 5.75 Å². The van der Waals surface area contributed by atoms with Crippen LogP contribution in [0.3, 0.4) is 0 Å². The predicted molar refractivity (Wildman–Crippen MR) is 61.3 cm³/mol. The fraction of sp³-hybridized carbons (Fsp3) is 0.0769. The van der Waals surface area contributed by atoms with Crippen LogP contribution >= 0.6 is 0 Å². The summed E-state index contributed by atoms with van der Waals surface area (Å²) in [5.41, 5.74) is 0.761. The molecule has 3 heteroatoms. The van der Waals surface area contributed by atoms with E-state index in [0.717, 1.165) is 10.8 Å². The topological polar surface area (TPSA) is 43.4 Å². The Hall–Kier alpha value is -2.16. The van der Waals surface area contributed by atoms with Gasteiger partial charge in [-0.05, 0) is 11.5 Å². The molecule has 0 aromatic heterocycles. The van der Waals surface area contributed by atoms with Crippen molar-refractivity contribution in [2.75, 3.05) is 7.11 Å². The van der Waals surface area contributed by atoms with E-state index in [9.17, 15) is 9.59 Å². The van der Waals surface area contributed by atoms with Crippen molar-refractivity contribution >= 4 is 23.3 Å². The van der Waals surface area contributed by atoms with Gasteiger partial charge in [0.05, 0.1) is 7.11 Å². The number of ether oxygens (including phenoxy) is 1. The molecule has 0 aliphatic heterocycles. The van der Waals surface area contributed by atoms with Crippen LogP contribution in [-0.2, 0) is 0 Å². The molecule has 0 atom stereocenters. The molecule has 0 heterocycles. The van der Waals surface area contributed by atoms with Gasteiger partial charge in [0.15, 0.2) is 12.6 Å². The Morgan fingerprint density at radius 2 is 1.75 bits per heavy atom. The van der Waals surface area contributed by atoms with Crippen molar-refractivity contribution in [1.82, 2.24) is 0 Å². The van der Waals surface area contributed by atoms with Gasteiger partial charge in [0.2, 0.25) is 0 Å². The molecular weight excluding hydrogens is 204 g/mol. The SMILES string of the molecule is COc1cc(C=O)c(C=O)c2ccccc12. The number of aldehydes is 2. The molecule has 0 N–H and O–H groups in total. The van der Waals surface area contributed by atoms with Gasteiger partial charge in [-0.1, -0.05) is 24.3 Å². The number of carbonyl (C=O) groups excluding carboxylic acids is 2. The molecule has 0 bridgehead atoms. The molecule has 3 nitrogen and oxygen atoms in total. The second-order valence-corrected chi connectivity index (χ2v) is 3.36. The van der Waals surface area contributed by atoms with Gasteiger partial charge in [-0.2, -0.15) is 0 Å². The molecule has 0 fully saturated rings. The van der Waals surface area contributed by atoms with Gasteiger partial charge in [-0.3, -0.25) is 9.59 Å². The standard InChI is InChI=1S/C13H10O3/c1-16-13-6-9(7-14)12(8-15)10-4-2-3-5-11(10)13/h2-8H,1H3. The average Bonchev–Trinajstić information content (AvgIpc) is 2.36. The molecule has 16 heavy (non-hydrogen) atoms. The van der Waals surface area contributed by atoms with Crippen molar-refractivity contribution in [2.45, 2.75) is 0 Å². The summed E-state index contributed by atoms with van der Waals surface area (Å²) in [6.45, 7) is 0. The fourth-order valence-corrected chi connectivity index (χ4v) is 1.78. The van der Waals surface area contributed by atoms with Crippen LogP contribution in [0.15, 0.2) is 30.3 Å². The van der Waals surface area contributed by atoms with Crippen molar-refractivity contribution in [3.05, 3.63) is 41.5 Å². The summed E-state index contributed by atoms with van der Waals surface area (Å²) in [7, 11) is 1.54. The van der Waals surface area contributed by atoms with E-state index >= 15 is 0 Å². The van der Waals surface area contributed by atoms with Crippen LogP contribution in [0.5, 0.6) is 5.75 Å². The van der Waals surface area contributed by atoms with Gasteiger partial charge in [0.25, 0.3) is 0 Å². The molecule has 0 unspecified atom stereocenters. The first-order valence-electron chi connectivity index (χ1n) is 4.82. The summed E-state index contributed by atoms with van der Waals surface area (Å²) in [5.74, 6) is 0.600. The third kappa shape index (κ3) is 1.46. The Bertz CT molecular complexity index is 558. The maximum Gasteiger partial charge on any atom is 0.151 e. The van der Waals surface area contributed by atoms with Gasteiger partial charge >= 0.3 is 0 Å². The molecule has 2 aromatic rings. The van der Waals surface area contributed by atoms with Crippen LogP contribution in [0.1, 0.15) is 20.7 Å². The lowest BCUT2D eigenvalue weighted by Gasteiger charge is -2.09. The highest BCUT2D eigenvalue weighted by molar-refractivity contribution is 6.07. The summed E-state index contributed by atoms with van der Waals surface area (Å²) in [5, 5.41) is 1.57. The van der Waals surface area contributed by atoms with Gasteiger partial charge in [-0.25, -0.2) is 0 Å². The van der Waals surface area contributed by atoms with Gasteiger partial charge in [0, 0.05) is 16.5 Å². The van der Waals surface area contributed by atoms with Crippen LogP contribution < -0.4 is 4.74 Å². The molecule has 2 aromatic carbocycles. The molecule has 0 radical (unpaired) electrons. The Kier molecular flexibility index (Phi) is 2.68. The number of fused-ring (bicyclic) bond motifs is 1. The number of carbonyl (C=O) groups is 2. The molecular formula is C13H10O3. The molecule has 0 saturated carbocycles. The lowest BCUT2D eigenvalue weighted by molar-refractivity contribution is 0.109. The highest BCUT2D eigenvalue weighted by Gasteiger charge is 2.10. The van der Waals surface area contributed by atoms with E-state index in [4.69, 9.17) is 4.74 Å².